The molecule has 0 aromatic heterocycles. The summed E-state index contributed by atoms with van der Waals surface area (Å²) in [5, 5.41) is 0. The van der Waals surface area contributed by atoms with Gasteiger partial charge < -0.3 is 4.90 Å². The molecule has 3 rings (SSSR count). The van der Waals surface area contributed by atoms with E-state index in [-0.39, 0.29) is 11.6 Å². The van der Waals surface area contributed by atoms with E-state index in [0.717, 1.165) is 42.8 Å². The zero-order valence-electron chi connectivity index (χ0n) is 17.2. The Kier molecular flexibility index (Phi) is 6.62. The van der Waals surface area contributed by atoms with Crippen molar-refractivity contribution in [1.82, 2.24) is 14.3 Å². The molecule has 0 amide bonds. The first-order valence-corrected chi connectivity index (χ1v) is 11.1. The Morgan fingerprint density at radius 1 is 1.36 bits per heavy atom. The van der Waals surface area contributed by atoms with Crippen LogP contribution in [0, 0.1) is 5.92 Å². The van der Waals surface area contributed by atoms with Gasteiger partial charge in [-0.05, 0) is 39.5 Å². The lowest BCUT2D eigenvalue weighted by molar-refractivity contribution is -0.105. The molecule has 0 radical (unpaired) electrons. The van der Waals surface area contributed by atoms with E-state index in [4.69, 9.17) is 4.99 Å². The third kappa shape index (κ3) is 5.04. The van der Waals surface area contributed by atoms with Gasteiger partial charge >= 0.3 is 0 Å². The molecule has 0 aliphatic carbocycles. The highest BCUT2D eigenvalue weighted by Gasteiger charge is 2.37. The van der Waals surface area contributed by atoms with Gasteiger partial charge in [-0.15, -0.1) is 0 Å². The molecule has 7 nitrogen and oxygen atoms in total. The molecule has 0 saturated carbocycles. The maximum absolute atomic E-state index is 12.4. The average Bonchev–Trinajstić information content (AvgIpc) is 2.88. The lowest BCUT2D eigenvalue weighted by Crippen LogP contribution is -2.47. The summed E-state index contributed by atoms with van der Waals surface area (Å²) in [6.45, 7) is 9.15. The normalized spacial score (nSPS) is 26.5. The number of nitrogens with one attached hydrogen (secondary N) is 2. The molecule has 3 atom stereocenters. The third-order valence-corrected chi connectivity index (χ3v) is 6.48. The van der Waals surface area contributed by atoms with Crippen molar-refractivity contribution < 1.29 is 9.00 Å². The predicted octanol–water partition coefficient (Wildman–Crippen LogP) is 2.26. The van der Waals surface area contributed by atoms with Gasteiger partial charge in [0.05, 0.1) is 12.3 Å². The van der Waals surface area contributed by atoms with Crippen molar-refractivity contribution >= 4 is 29.0 Å². The molecule has 3 aliphatic rings. The fourth-order valence-corrected chi connectivity index (χ4v) is 4.83. The zero-order chi connectivity index (χ0) is 20.3. The van der Waals surface area contributed by atoms with Crippen LogP contribution >= 0.6 is 0 Å². The predicted molar refractivity (Wildman–Crippen MR) is 114 cm³/mol. The number of aldehydes is 1. The van der Waals surface area contributed by atoms with E-state index in [2.05, 4.69) is 32.3 Å². The summed E-state index contributed by atoms with van der Waals surface area (Å²) >= 11 is -1.35. The Bertz CT molecular complexity index is 763. The van der Waals surface area contributed by atoms with E-state index in [1.165, 1.54) is 0 Å². The minimum absolute atomic E-state index is 0.0205. The molecule has 3 aliphatic heterocycles. The number of amidine groups is 1. The molecular formula is C20H31N5O2S. The Labute approximate surface area is 170 Å². The first-order chi connectivity index (χ1) is 13.3. The van der Waals surface area contributed by atoms with Crippen molar-refractivity contribution in [2.75, 3.05) is 13.1 Å². The highest BCUT2D eigenvalue weighted by molar-refractivity contribution is 7.81. The van der Waals surface area contributed by atoms with Gasteiger partial charge in [-0.25, -0.2) is 13.7 Å². The SMILES string of the molecule is CCC1CC=CN=C(C2=NCC(C=O)=C3CC(NS(=O)NC(C)(C)C)CN23)C1. The molecule has 1 fully saturated rings. The van der Waals surface area contributed by atoms with Crippen LogP contribution in [-0.2, 0) is 16.0 Å². The molecule has 3 heterocycles. The first-order valence-electron chi connectivity index (χ1n) is 9.97. The maximum atomic E-state index is 12.4. The van der Waals surface area contributed by atoms with Crippen molar-refractivity contribution in [3.8, 4) is 0 Å². The van der Waals surface area contributed by atoms with Crippen molar-refractivity contribution in [2.24, 2.45) is 15.9 Å². The van der Waals surface area contributed by atoms with Gasteiger partial charge in [0, 0.05) is 42.0 Å². The van der Waals surface area contributed by atoms with E-state index >= 15 is 0 Å². The van der Waals surface area contributed by atoms with Crippen LogP contribution in [0.2, 0.25) is 0 Å². The first kappa shape index (κ1) is 21.1. The Morgan fingerprint density at radius 3 is 2.82 bits per heavy atom. The van der Waals surface area contributed by atoms with Crippen LogP contribution in [0.15, 0.2) is 33.5 Å². The van der Waals surface area contributed by atoms with Gasteiger partial charge in [-0.1, -0.05) is 19.4 Å². The number of carbonyl (C=O) groups excluding carboxylic acids is 1. The second-order valence-electron chi connectivity index (χ2n) is 8.65. The van der Waals surface area contributed by atoms with Gasteiger partial charge in [0.25, 0.3) is 0 Å². The van der Waals surface area contributed by atoms with Crippen molar-refractivity contribution in [1.29, 1.82) is 0 Å². The fraction of sp³-hybridized carbons (Fsp3) is 0.650. The second-order valence-corrected chi connectivity index (χ2v) is 9.63. The number of hydrogen-bond donors (Lipinski definition) is 2. The molecule has 2 N–H and O–H groups in total. The molecule has 28 heavy (non-hydrogen) atoms. The summed E-state index contributed by atoms with van der Waals surface area (Å²) in [5.41, 5.74) is 2.42. The molecule has 0 bridgehead atoms. The third-order valence-electron chi connectivity index (χ3n) is 5.13. The molecule has 3 unspecified atom stereocenters. The van der Waals surface area contributed by atoms with Crippen molar-refractivity contribution in [3.63, 3.8) is 0 Å². The summed E-state index contributed by atoms with van der Waals surface area (Å²) in [4.78, 5) is 23.0. The molecule has 1 saturated heterocycles. The molecule has 0 aromatic rings. The van der Waals surface area contributed by atoms with E-state index in [0.29, 0.717) is 31.0 Å². The molecular weight excluding hydrogens is 374 g/mol. The van der Waals surface area contributed by atoms with Gasteiger partial charge in [0.15, 0.2) is 11.2 Å². The quantitative estimate of drug-likeness (QED) is 0.665. The van der Waals surface area contributed by atoms with E-state index in [1.807, 2.05) is 27.0 Å². The number of allylic oxidation sites excluding steroid dienone is 1. The standard InChI is InChI=1S/C20H31N5O2S/c1-5-14-7-6-8-21-17(9-14)19-22-11-15(13-26)18-10-16(12-25(18)19)23-28(27)24-20(2,3)4/h6,8,13-14,16,23-24H,5,7,9-12H2,1-4H3. The zero-order valence-corrected chi connectivity index (χ0v) is 18.0. The maximum Gasteiger partial charge on any atom is 0.168 e. The number of carbonyl (C=O) groups is 1. The second kappa shape index (κ2) is 8.80. The highest BCUT2D eigenvalue weighted by atomic mass is 32.2. The number of aliphatic imine (C=N–C) groups is 2. The van der Waals surface area contributed by atoms with Gasteiger partial charge in [-0.2, -0.15) is 0 Å². The molecule has 8 heteroatoms. The number of rotatable bonds is 6. The summed E-state index contributed by atoms with van der Waals surface area (Å²) < 4.78 is 18.6. The fourth-order valence-electron chi connectivity index (χ4n) is 3.75. The lowest BCUT2D eigenvalue weighted by atomic mass is 9.95. The minimum Gasteiger partial charge on any atom is -0.327 e. The molecule has 0 aromatic carbocycles. The number of fused-ring (bicyclic) bond motifs is 1. The van der Waals surface area contributed by atoms with Crippen LogP contribution in [0.4, 0.5) is 0 Å². The lowest BCUT2D eigenvalue weighted by Gasteiger charge is -2.28. The largest absolute Gasteiger partial charge is 0.327 e. The topological polar surface area (TPSA) is 86.2 Å². The van der Waals surface area contributed by atoms with Crippen LogP contribution in [0.5, 0.6) is 0 Å². The smallest absolute Gasteiger partial charge is 0.168 e. The van der Waals surface area contributed by atoms with Gasteiger partial charge in [0.2, 0.25) is 0 Å². The monoisotopic (exact) mass is 405 g/mol. The average molecular weight is 406 g/mol. The van der Waals surface area contributed by atoms with Crippen LogP contribution in [0.25, 0.3) is 0 Å². The minimum atomic E-state index is -1.35. The number of nitrogens with zero attached hydrogens (tertiary/aromatic N) is 3. The van der Waals surface area contributed by atoms with E-state index in [1.54, 1.807) is 0 Å². The Morgan fingerprint density at radius 2 is 2.14 bits per heavy atom. The van der Waals surface area contributed by atoms with E-state index in [9.17, 15) is 9.00 Å². The Balaban J connectivity index is 1.78. The summed E-state index contributed by atoms with van der Waals surface area (Å²) in [6.07, 6.45) is 8.57. The van der Waals surface area contributed by atoms with Crippen LogP contribution < -0.4 is 9.44 Å². The van der Waals surface area contributed by atoms with Gasteiger partial charge in [0.1, 0.15) is 12.1 Å². The Hall–Kier alpha value is -1.64. The van der Waals surface area contributed by atoms with Crippen LogP contribution in [0.3, 0.4) is 0 Å². The van der Waals surface area contributed by atoms with E-state index < -0.39 is 11.2 Å². The summed E-state index contributed by atoms with van der Waals surface area (Å²) in [5.74, 6) is 1.42. The number of hydrogen-bond acceptors (Lipinski definition) is 5. The van der Waals surface area contributed by atoms with Crippen LogP contribution in [0.1, 0.15) is 53.4 Å². The van der Waals surface area contributed by atoms with Crippen LogP contribution in [-0.4, -0.2) is 51.6 Å². The van der Waals surface area contributed by atoms with Crippen molar-refractivity contribution in [2.45, 2.75) is 65.0 Å². The summed E-state index contributed by atoms with van der Waals surface area (Å²) in [7, 11) is 0. The molecule has 154 valence electrons. The van der Waals surface area contributed by atoms with Gasteiger partial charge in [-0.3, -0.25) is 14.8 Å². The molecule has 0 spiro atoms. The van der Waals surface area contributed by atoms with Crippen molar-refractivity contribution in [3.05, 3.63) is 23.5 Å². The summed E-state index contributed by atoms with van der Waals surface area (Å²) in [6, 6.07) is -0.0205. The highest BCUT2D eigenvalue weighted by Crippen LogP contribution is 2.30.